The molecule has 1 aromatic carbocycles. The molecule has 3 heterocycles. The number of hydrogen-bond acceptors (Lipinski definition) is 5. The van der Waals surface area contributed by atoms with Crippen LogP contribution in [0, 0.1) is 23.3 Å². The van der Waals surface area contributed by atoms with Crippen molar-refractivity contribution in [3.8, 4) is 0 Å². The topological polar surface area (TPSA) is 71.0 Å². The average molecular weight is 443 g/mol. The zero-order chi connectivity index (χ0) is 22.8. The van der Waals surface area contributed by atoms with E-state index in [1.165, 1.54) is 30.7 Å². The summed E-state index contributed by atoms with van der Waals surface area (Å²) < 4.78 is 54.8. The van der Waals surface area contributed by atoms with Crippen LogP contribution in [0.3, 0.4) is 0 Å². The van der Waals surface area contributed by atoms with Gasteiger partial charge in [0.1, 0.15) is 23.0 Å². The van der Waals surface area contributed by atoms with Gasteiger partial charge in [0, 0.05) is 31.4 Å². The van der Waals surface area contributed by atoms with E-state index < -0.39 is 34.7 Å². The minimum atomic E-state index is -1.32. The smallest absolute Gasteiger partial charge is 0.262 e. The molecule has 0 saturated carbocycles. The van der Waals surface area contributed by atoms with Gasteiger partial charge in [0.2, 0.25) is 0 Å². The van der Waals surface area contributed by atoms with Gasteiger partial charge in [-0.05, 0) is 31.1 Å². The summed E-state index contributed by atoms with van der Waals surface area (Å²) in [5, 5.41) is 2.24. The Morgan fingerprint density at radius 2 is 1.78 bits per heavy atom. The Labute approximate surface area is 180 Å². The molecule has 1 N–H and O–H groups in total. The third-order valence-electron chi connectivity index (χ3n) is 5.10. The highest BCUT2D eigenvalue weighted by atomic mass is 19.1. The van der Waals surface area contributed by atoms with Crippen LogP contribution in [0.25, 0.3) is 5.57 Å². The van der Waals surface area contributed by atoms with Crippen LogP contribution < -0.4 is 10.2 Å². The minimum Gasteiger partial charge on any atom is -0.349 e. The number of benzene rings is 1. The van der Waals surface area contributed by atoms with Crippen molar-refractivity contribution in [1.29, 1.82) is 0 Å². The van der Waals surface area contributed by atoms with Gasteiger partial charge in [0.25, 0.3) is 5.91 Å². The molecule has 0 spiro atoms. The van der Waals surface area contributed by atoms with Crippen molar-refractivity contribution in [2.45, 2.75) is 13.3 Å². The normalized spacial score (nSPS) is 14.0. The van der Waals surface area contributed by atoms with Crippen LogP contribution in [0.2, 0.25) is 0 Å². The Morgan fingerprint density at radius 1 is 1.03 bits per heavy atom. The van der Waals surface area contributed by atoms with Crippen LogP contribution in [0.4, 0.5) is 29.2 Å². The first-order valence-electron chi connectivity index (χ1n) is 9.66. The van der Waals surface area contributed by atoms with E-state index in [-0.39, 0.29) is 11.6 Å². The summed E-state index contributed by atoms with van der Waals surface area (Å²) in [4.78, 5) is 26.5. The van der Waals surface area contributed by atoms with Gasteiger partial charge in [-0.15, -0.1) is 0 Å². The van der Waals surface area contributed by atoms with Crippen LogP contribution in [-0.2, 0) is 0 Å². The van der Waals surface area contributed by atoms with Crippen molar-refractivity contribution in [3.63, 3.8) is 0 Å². The maximum Gasteiger partial charge on any atom is 0.262 e. The standard InChI is InChI=1S/C22H17F4N5O/c1-12-4-6-31(21-15(24)3-2-5-27-21)11-14(12)18-9-29-19(10-28-18)30-22(32)20-16(25)7-13(23)8-17(20)26/h2-3,5,7-10H,4,6,11H2,1H3,(H,29,30,32). The number of carbonyl (C=O) groups excluding carboxylic acids is 1. The molecule has 0 fully saturated rings. The third kappa shape index (κ3) is 4.29. The molecule has 1 aliphatic heterocycles. The summed E-state index contributed by atoms with van der Waals surface area (Å²) in [5.41, 5.74) is 1.48. The Kier molecular flexibility index (Phi) is 5.85. The molecule has 1 aliphatic rings. The molecule has 0 unspecified atom stereocenters. The predicted octanol–water partition coefficient (Wildman–Crippen LogP) is 4.36. The Balaban J connectivity index is 1.52. The molecule has 1 amide bonds. The van der Waals surface area contributed by atoms with Crippen molar-refractivity contribution >= 4 is 23.1 Å². The highest BCUT2D eigenvalue weighted by Gasteiger charge is 2.23. The number of aromatic nitrogens is 3. The van der Waals surface area contributed by atoms with E-state index >= 15 is 0 Å². The van der Waals surface area contributed by atoms with Crippen molar-refractivity contribution in [1.82, 2.24) is 15.0 Å². The third-order valence-corrected chi connectivity index (χ3v) is 5.10. The summed E-state index contributed by atoms with van der Waals surface area (Å²) >= 11 is 0. The molecule has 0 aliphatic carbocycles. The number of rotatable bonds is 4. The first-order valence-corrected chi connectivity index (χ1v) is 9.66. The lowest BCUT2D eigenvalue weighted by Gasteiger charge is -2.30. The maximum absolute atomic E-state index is 14.1. The molecule has 32 heavy (non-hydrogen) atoms. The quantitative estimate of drug-likeness (QED) is 0.607. The molecule has 0 saturated heterocycles. The maximum atomic E-state index is 14.1. The van der Waals surface area contributed by atoms with E-state index in [1.807, 2.05) is 6.92 Å². The fourth-order valence-electron chi connectivity index (χ4n) is 3.44. The summed E-state index contributed by atoms with van der Waals surface area (Å²) in [5.74, 6) is -5.11. The molecule has 164 valence electrons. The number of nitrogens with one attached hydrogen (secondary N) is 1. The lowest BCUT2D eigenvalue weighted by molar-refractivity contribution is 0.101. The molecular weight excluding hydrogens is 426 g/mol. The average Bonchev–Trinajstić information content (AvgIpc) is 2.74. The number of pyridine rings is 1. The van der Waals surface area contributed by atoms with Gasteiger partial charge in [-0.25, -0.2) is 27.5 Å². The first-order chi connectivity index (χ1) is 15.3. The fourth-order valence-corrected chi connectivity index (χ4v) is 3.44. The number of anilines is 2. The van der Waals surface area contributed by atoms with Gasteiger partial charge in [-0.2, -0.15) is 0 Å². The summed E-state index contributed by atoms with van der Waals surface area (Å²) in [6.45, 7) is 2.91. The second-order valence-corrected chi connectivity index (χ2v) is 7.22. The Bertz CT molecular complexity index is 1190. The molecule has 0 bridgehead atoms. The van der Waals surface area contributed by atoms with Crippen LogP contribution in [0.5, 0.6) is 0 Å². The summed E-state index contributed by atoms with van der Waals surface area (Å²) in [6.07, 6.45) is 4.85. The molecule has 10 heteroatoms. The lowest BCUT2D eigenvalue weighted by atomic mass is 9.99. The van der Waals surface area contributed by atoms with Crippen molar-refractivity contribution in [3.05, 3.63) is 83.0 Å². The molecule has 0 radical (unpaired) electrons. The number of hydrogen-bond donors (Lipinski definition) is 1. The van der Waals surface area contributed by atoms with E-state index in [9.17, 15) is 22.4 Å². The minimum absolute atomic E-state index is 0.0384. The second-order valence-electron chi connectivity index (χ2n) is 7.22. The predicted molar refractivity (Wildman–Crippen MR) is 110 cm³/mol. The van der Waals surface area contributed by atoms with Crippen LogP contribution in [-0.4, -0.2) is 33.9 Å². The van der Waals surface area contributed by atoms with E-state index in [0.29, 0.717) is 37.3 Å². The highest BCUT2D eigenvalue weighted by Crippen LogP contribution is 2.29. The highest BCUT2D eigenvalue weighted by molar-refractivity contribution is 6.04. The van der Waals surface area contributed by atoms with Crippen molar-refractivity contribution in [2.75, 3.05) is 23.3 Å². The fraction of sp³-hybridized carbons (Fsp3) is 0.182. The van der Waals surface area contributed by atoms with Gasteiger partial charge in [0.05, 0.1) is 18.1 Å². The molecule has 2 aromatic heterocycles. The van der Waals surface area contributed by atoms with Crippen LogP contribution in [0.15, 0.2) is 48.4 Å². The first kappa shape index (κ1) is 21.4. The van der Waals surface area contributed by atoms with E-state index in [1.54, 1.807) is 4.90 Å². The summed E-state index contributed by atoms with van der Waals surface area (Å²) in [6, 6.07) is 3.70. The molecule has 0 atom stereocenters. The van der Waals surface area contributed by atoms with E-state index in [2.05, 4.69) is 20.3 Å². The van der Waals surface area contributed by atoms with Crippen molar-refractivity contribution in [2.24, 2.45) is 0 Å². The molecule has 6 nitrogen and oxygen atoms in total. The number of halogens is 4. The molecular formula is C22H17F4N5O. The number of carbonyl (C=O) groups is 1. The Hall–Kier alpha value is -3.82. The zero-order valence-electron chi connectivity index (χ0n) is 16.9. The molecule has 4 rings (SSSR count). The largest absolute Gasteiger partial charge is 0.349 e. The summed E-state index contributed by atoms with van der Waals surface area (Å²) in [7, 11) is 0. The van der Waals surface area contributed by atoms with Gasteiger partial charge in [-0.3, -0.25) is 9.78 Å². The number of amides is 1. The molecule has 3 aromatic rings. The monoisotopic (exact) mass is 443 g/mol. The van der Waals surface area contributed by atoms with Gasteiger partial charge in [-0.1, -0.05) is 5.57 Å². The zero-order valence-corrected chi connectivity index (χ0v) is 16.9. The van der Waals surface area contributed by atoms with Gasteiger partial charge < -0.3 is 10.2 Å². The van der Waals surface area contributed by atoms with Gasteiger partial charge >= 0.3 is 0 Å². The van der Waals surface area contributed by atoms with E-state index in [4.69, 9.17) is 0 Å². The lowest BCUT2D eigenvalue weighted by Crippen LogP contribution is -2.32. The van der Waals surface area contributed by atoms with E-state index in [0.717, 1.165) is 11.1 Å². The van der Waals surface area contributed by atoms with Gasteiger partial charge in [0.15, 0.2) is 17.5 Å². The van der Waals surface area contributed by atoms with Crippen LogP contribution in [0.1, 0.15) is 29.4 Å². The van der Waals surface area contributed by atoms with Crippen LogP contribution >= 0.6 is 0 Å². The second kappa shape index (κ2) is 8.74. The SMILES string of the molecule is CC1=C(c2cnc(NC(=O)c3c(F)cc(F)cc3F)cn2)CN(c2ncccc2F)CC1. The van der Waals surface area contributed by atoms with Crippen molar-refractivity contribution < 1.29 is 22.4 Å². The Morgan fingerprint density at radius 3 is 2.44 bits per heavy atom. The number of nitrogens with zero attached hydrogens (tertiary/aromatic N) is 4.